The third-order valence-corrected chi connectivity index (χ3v) is 6.12. The molecule has 0 aliphatic rings. The van der Waals surface area contributed by atoms with Gasteiger partial charge in [0.25, 0.3) is 5.91 Å². The van der Waals surface area contributed by atoms with Gasteiger partial charge in [-0.1, -0.05) is 41.9 Å². The summed E-state index contributed by atoms with van der Waals surface area (Å²) in [5, 5.41) is 9.58. The molecule has 0 radical (unpaired) electrons. The maximum atomic E-state index is 11.8. The number of nitrogens with zero attached hydrogens (tertiary/aromatic N) is 3. The maximum Gasteiger partial charge on any atom is 0.270 e. The van der Waals surface area contributed by atoms with Crippen molar-refractivity contribution in [3.8, 4) is 0 Å². The molecule has 0 aliphatic carbocycles. The number of nitrogens with two attached hydrogens (primary N) is 1. The van der Waals surface area contributed by atoms with E-state index in [1.54, 1.807) is 35.1 Å². The number of benzene rings is 2. The fraction of sp³-hybridized carbons (Fsp3) is 0.190. The van der Waals surface area contributed by atoms with Gasteiger partial charge in [-0.2, -0.15) is 5.10 Å². The first-order valence-corrected chi connectivity index (χ1v) is 11.9. The van der Waals surface area contributed by atoms with Crippen LogP contribution in [0.3, 0.4) is 0 Å². The van der Waals surface area contributed by atoms with Crippen LogP contribution in [0, 0.1) is 0 Å². The second-order valence-electron chi connectivity index (χ2n) is 7.33. The molecule has 1 amide bonds. The molecule has 2 heterocycles. The molecule has 0 spiro atoms. The van der Waals surface area contributed by atoms with Crippen molar-refractivity contribution in [3.05, 3.63) is 76.8 Å². The summed E-state index contributed by atoms with van der Waals surface area (Å²) < 4.78 is 33.5. The van der Waals surface area contributed by atoms with Gasteiger partial charge < -0.3 is 10.3 Å². The van der Waals surface area contributed by atoms with Gasteiger partial charge in [0, 0.05) is 16.5 Å². The molecule has 1 atom stereocenters. The van der Waals surface area contributed by atoms with E-state index in [-0.39, 0.29) is 5.69 Å². The van der Waals surface area contributed by atoms with Crippen LogP contribution in [0.15, 0.2) is 59.3 Å². The van der Waals surface area contributed by atoms with E-state index in [9.17, 15) is 13.2 Å². The number of sulfonamides is 1. The molecule has 0 aliphatic heterocycles. The van der Waals surface area contributed by atoms with E-state index in [0.717, 1.165) is 11.8 Å². The smallest absolute Gasteiger partial charge is 0.270 e. The molecule has 9 nitrogen and oxygen atoms in total. The Hall–Kier alpha value is -3.37. The van der Waals surface area contributed by atoms with E-state index in [4.69, 9.17) is 21.9 Å². The lowest BCUT2D eigenvalue weighted by Crippen LogP contribution is -2.36. The summed E-state index contributed by atoms with van der Waals surface area (Å²) in [5.74, 6) is -0.367. The van der Waals surface area contributed by atoms with Crippen molar-refractivity contribution in [2.75, 3.05) is 11.0 Å². The van der Waals surface area contributed by atoms with Gasteiger partial charge >= 0.3 is 0 Å². The first kappa shape index (κ1) is 21.8. The van der Waals surface area contributed by atoms with Crippen LogP contribution in [0.2, 0.25) is 5.02 Å². The van der Waals surface area contributed by atoms with E-state index in [2.05, 4.69) is 15.0 Å². The van der Waals surface area contributed by atoms with Crippen LogP contribution in [-0.2, 0) is 15.6 Å². The highest BCUT2D eigenvalue weighted by atomic mass is 35.5. The van der Waals surface area contributed by atoms with Crippen molar-refractivity contribution >= 4 is 44.1 Å². The molecule has 4 rings (SSSR count). The SMILES string of the molecule is CCC(c1ccc(Cl)cc1)(c1cc(C(N)=O)no1)n1ncc2c(NS(C)(=O)=O)cccc21. The Morgan fingerprint density at radius 2 is 1.97 bits per heavy atom. The molecule has 11 heteroatoms. The van der Waals surface area contributed by atoms with Crippen molar-refractivity contribution in [1.82, 2.24) is 14.9 Å². The van der Waals surface area contributed by atoms with Gasteiger partial charge in [0.1, 0.15) is 5.54 Å². The number of amides is 1. The number of anilines is 1. The summed E-state index contributed by atoms with van der Waals surface area (Å²) >= 11 is 6.11. The van der Waals surface area contributed by atoms with Crippen LogP contribution in [0.4, 0.5) is 5.69 Å². The third kappa shape index (κ3) is 3.71. The van der Waals surface area contributed by atoms with E-state index in [1.807, 2.05) is 25.1 Å². The number of primary amides is 1. The average Bonchev–Trinajstić information content (AvgIpc) is 3.39. The van der Waals surface area contributed by atoms with Crippen molar-refractivity contribution in [3.63, 3.8) is 0 Å². The lowest BCUT2D eigenvalue weighted by atomic mass is 9.84. The van der Waals surface area contributed by atoms with Gasteiger partial charge in [0.05, 0.1) is 23.7 Å². The summed E-state index contributed by atoms with van der Waals surface area (Å²) in [6.45, 7) is 1.94. The highest BCUT2D eigenvalue weighted by Gasteiger charge is 2.41. The number of carbonyl (C=O) groups is 1. The monoisotopic (exact) mass is 473 g/mol. The molecule has 32 heavy (non-hydrogen) atoms. The molecule has 0 saturated carbocycles. The summed E-state index contributed by atoms with van der Waals surface area (Å²) in [7, 11) is -3.50. The number of fused-ring (bicyclic) bond motifs is 1. The van der Waals surface area contributed by atoms with Crippen LogP contribution in [-0.4, -0.2) is 35.5 Å². The zero-order valence-electron chi connectivity index (χ0n) is 17.2. The first-order valence-electron chi connectivity index (χ1n) is 9.64. The zero-order valence-corrected chi connectivity index (χ0v) is 18.8. The number of hydrogen-bond donors (Lipinski definition) is 2. The van der Waals surface area contributed by atoms with Crippen LogP contribution in [0.1, 0.15) is 35.2 Å². The Kier molecular flexibility index (Phi) is 5.43. The van der Waals surface area contributed by atoms with Crippen LogP contribution >= 0.6 is 11.6 Å². The van der Waals surface area contributed by atoms with E-state index in [0.29, 0.717) is 33.8 Å². The average molecular weight is 474 g/mol. The second kappa shape index (κ2) is 7.95. The third-order valence-electron chi connectivity index (χ3n) is 5.27. The fourth-order valence-corrected chi connectivity index (χ4v) is 4.56. The first-order chi connectivity index (χ1) is 15.2. The minimum absolute atomic E-state index is 0.0114. The lowest BCUT2D eigenvalue weighted by molar-refractivity contribution is 0.0991. The summed E-state index contributed by atoms with van der Waals surface area (Å²) in [6, 6.07) is 13.9. The van der Waals surface area contributed by atoms with Gasteiger partial charge in [-0.3, -0.25) is 9.52 Å². The van der Waals surface area contributed by atoms with Crippen molar-refractivity contribution < 1.29 is 17.7 Å². The van der Waals surface area contributed by atoms with Crippen LogP contribution in [0.5, 0.6) is 0 Å². The van der Waals surface area contributed by atoms with Gasteiger partial charge in [-0.25, -0.2) is 13.1 Å². The number of hydrogen-bond acceptors (Lipinski definition) is 6. The summed E-state index contributed by atoms with van der Waals surface area (Å²) in [5.41, 5.74) is 6.19. The molecule has 0 fully saturated rings. The maximum absolute atomic E-state index is 11.8. The number of carbonyl (C=O) groups excluding carboxylic acids is 1. The molecular weight excluding hydrogens is 454 g/mol. The molecule has 0 saturated heterocycles. The van der Waals surface area contributed by atoms with Gasteiger partial charge in [-0.15, -0.1) is 0 Å². The minimum atomic E-state index is -3.50. The Morgan fingerprint density at radius 3 is 2.56 bits per heavy atom. The fourth-order valence-electron chi connectivity index (χ4n) is 3.85. The largest absolute Gasteiger partial charge is 0.364 e. The summed E-state index contributed by atoms with van der Waals surface area (Å²) in [6.07, 6.45) is 3.12. The van der Waals surface area contributed by atoms with Gasteiger partial charge in [-0.05, 0) is 36.2 Å². The van der Waals surface area contributed by atoms with Gasteiger partial charge in [0.15, 0.2) is 11.5 Å². The number of halogens is 1. The number of rotatable bonds is 7. The van der Waals surface area contributed by atoms with Crippen molar-refractivity contribution in [2.24, 2.45) is 5.73 Å². The molecule has 1 unspecified atom stereocenters. The van der Waals surface area contributed by atoms with Crippen LogP contribution < -0.4 is 10.5 Å². The molecule has 166 valence electrons. The lowest BCUT2D eigenvalue weighted by Gasteiger charge is -2.32. The summed E-state index contributed by atoms with van der Waals surface area (Å²) in [4.78, 5) is 11.7. The Balaban J connectivity index is 2.02. The van der Waals surface area contributed by atoms with Gasteiger partial charge in [0.2, 0.25) is 10.0 Å². The van der Waals surface area contributed by atoms with E-state index >= 15 is 0 Å². The molecule has 2 aromatic carbocycles. The van der Waals surface area contributed by atoms with E-state index < -0.39 is 21.5 Å². The Labute approximate surface area is 189 Å². The quantitative estimate of drug-likeness (QED) is 0.423. The zero-order chi connectivity index (χ0) is 23.1. The normalized spacial score (nSPS) is 13.7. The second-order valence-corrected chi connectivity index (χ2v) is 9.52. The number of nitrogens with one attached hydrogen (secondary N) is 1. The molecule has 4 aromatic rings. The van der Waals surface area contributed by atoms with Crippen molar-refractivity contribution in [2.45, 2.75) is 18.9 Å². The standard InChI is InChI=1S/C21H20ClN5O4S/c1-3-21(13-7-9-14(22)10-8-13,19-11-17(20(23)28)25-31-19)27-18-6-4-5-16(15(18)12-24-27)26-32(2,29)30/h4-12,26H,3H2,1-2H3,(H2,23,28). The minimum Gasteiger partial charge on any atom is -0.364 e. The molecular formula is C21H20ClN5O4S. The topological polar surface area (TPSA) is 133 Å². The predicted octanol–water partition coefficient (Wildman–Crippen LogP) is 3.35. The molecule has 0 bridgehead atoms. The Morgan fingerprint density at radius 1 is 1.25 bits per heavy atom. The molecule has 2 aromatic heterocycles. The van der Waals surface area contributed by atoms with E-state index in [1.165, 1.54) is 6.07 Å². The highest BCUT2D eigenvalue weighted by molar-refractivity contribution is 7.92. The number of aromatic nitrogens is 3. The van der Waals surface area contributed by atoms with Crippen LogP contribution in [0.25, 0.3) is 10.9 Å². The Bertz CT molecular complexity index is 1410. The highest BCUT2D eigenvalue weighted by Crippen LogP contribution is 2.40. The predicted molar refractivity (Wildman–Crippen MR) is 121 cm³/mol. The molecule has 3 N–H and O–H groups in total. The van der Waals surface area contributed by atoms with Crippen molar-refractivity contribution in [1.29, 1.82) is 0 Å².